The molecule has 0 aromatic carbocycles. The summed E-state index contributed by atoms with van der Waals surface area (Å²) in [6.45, 7) is 3.48. The molecule has 5 nitrogen and oxygen atoms in total. The van der Waals surface area contributed by atoms with Gasteiger partial charge in [-0.05, 0) is 74.9 Å². The van der Waals surface area contributed by atoms with Crippen molar-refractivity contribution in [3.63, 3.8) is 0 Å². The Hall–Kier alpha value is -2.27. The number of amides is 1. The lowest BCUT2D eigenvalue weighted by atomic mass is 9.85. The molecule has 1 N–H and O–H groups in total. The van der Waals surface area contributed by atoms with Gasteiger partial charge in [-0.2, -0.15) is 0 Å². The monoisotopic (exact) mass is 392 g/mol. The maximum Gasteiger partial charge on any atom is 0.270 e. The third-order valence-electron chi connectivity index (χ3n) is 6.54. The number of hydrogen-bond donors (Lipinski definition) is 1. The van der Waals surface area contributed by atoms with Crippen molar-refractivity contribution < 1.29 is 4.79 Å². The van der Waals surface area contributed by atoms with E-state index < -0.39 is 0 Å². The highest BCUT2D eigenvalue weighted by molar-refractivity contribution is 5.92. The Balaban J connectivity index is 1.40. The summed E-state index contributed by atoms with van der Waals surface area (Å²) in [7, 11) is 0. The van der Waals surface area contributed by atoms with Crippen molar-refractivity contribution in [1.82, 2.24) is 20.2 Å². The summed E-state index contributed by atoms with van der Waals surface area (Å²) in [4.78, 5) is 24.2. The van der Waals surface area contributed by atoms with Gasteiger partial charge in [0.05, 0.1) is 11.7 Å². The second kappa shape index (κ2) is 9.97. The summed E-state index contributed by atoms with van der Waals surface area (Å²) in [5.74, 6) is 1.17. The Morgan fingerprint density at radius 1 is 0.966 bits per heavy atom. The predicted molar refractivity (Wildman–Crippen MR) is 114 cm³/mol. The van der Waals surface area contributed by atoms with E-state index in [9.17, 15) is 4.79 Å². The molecule has 3 heterocycles. The van der Waals surface area contributed by atoms with Crippen LogP contribution in [0.5, 0.6) is 0 Å². The quantitative estimate of drug-likeness (QED) is 0.799. The average Bonchev–Trinajstić information content (AvgIpc) is 2.80. The topological polar surface area (TPSA) is 58.1 Å². The van der Waals surface area contributed by atoms with Crippen LogP contribution in [-0.4, -0.2) is 40.4 Å². The fourth-order valence-corrected chi connectivity index (χ4v) is 4.91. The summed E-state index contributed by atoms with van der Waals surface area (Å²) in [5.41, 5.74) is 1.41. The van der Waals surface area contributed by atoms with Crippen LogP contribution in [0.1, 0.15) is 67.2 Å². The summed E-state index contributed by atoms with van der Waals surface area (Å²) < 4.78 is 0. The molecule has 1 aliphatic heterocycles. The van der Waals surface area contributed by atoms with Crippen LogP contribution in [0.15, 0.2) is 48.8 Å². The molecule has 1 atom stereocenters. The number of nitrogens with zero attached hydrogens (tertiary/aromatic N) is 3. The number of rotatable bonds is 6. The van der Waals surface area contributed by atoms with Gasteiger partial charge in [0.25, 0.3) is 5.91 Å². The van der Waals surface area contributed by atoms with Crippen molar-refractivity contribution in [2.45, 2.75) is 51.0 Å². The number of pyridine rings is 2. The standard InChI is InChI=1S/C24H32N4O/c29-24(22-11-5-7-15-26-22)27-23(21-10-4-6-14-25-21)20-12-16-28(17-13-20)18-19-8-2-1-3-9-19/h4-7,10-11,14-15,19-20,23H,1-3,8-9,12-13,16-18H2,(H,27,29)/t23-/m0/s1. The second-order valence-corrected chi connectivity index (χ2v) is 8.56. The minimum absolute atomic E-state index is 0.0671. The molecular formula is C24H32N4O. The van der Waals surface area contributed by atoms with Crippen LogP contribution in [-0.2, 0) is 0 Å². The predicted octanol–water partition coefficient (Wildman–Crippen LogP) is 4.24. The van der Waals surface area contributed by atoms with E-state index in [1.165, 1.54) is 38.6 Å². The Morgan fingerprint density at radius 2 is 1.69 bits per heavy atom. The highest BCUT2D eigenvalue weighted by atomic mass is 16.1. The number of likely N-dealkylation sites (tertiary alicyclic amines) is 1. The van der Waals surface area contributed by atoms with Gasteiger partial charge in [-0.25, -0.2) is 0 Å². The molecule has 2 fully saturated rings. The van der Waals surface area contributed by atoms with Crippen molar-refractivity contribution in [3.8, 4) is 0 Å². The van der Waals surface area contributed by atoms with E-state index in [1.807, 2.05) is 36.5 Å². The zero-order chi connectivity index (χ0) is 19.9. The minimum atomic E-state index is -0.120. The fourth-order valence-electron chi connectivity index (χ4n) is 4.91. The van der Waals surface area contributed by atoms with E-state index in [-0.39, 0.29) is 11.9 Å². The molecule has 1 aliphatic carbocycles. The number of nitrogens with one attached hydrogen (secondary N) is 1. The van der Waals surface area contributed by atoms with Crippen LogP contribution < -0.4 is 5.32 Å². The van der Waals surface area contributed by atoms with Crippen LogP contribution in [0.3, 0.4) is 0 Å². The van der Waals surface area contributed by atoms with Crippen LogP contribution in [0.2, 0.25) is 0 Å². The smallest absolute Gasteiger partial charge is 0.270 e. The molecular weight excluding hydrogens is 360 g/mol. The molecule has 2 aromatic rings. The number of carbonyl (C=O) groups is 1. The van der Waals surface area contributed by atoms with Gasteiger partial charge in [0.1, 0.15) is 5.69 Å². The average molecular weight is 393 g/mol. The summed E-state index contributed by atoms with van der Waals surface area (Å²) in [6.07, 6.45) is 12.7. The molecule has 2 aromatic heterocycles. The van der Waals surface area contributed by atoms with Gasteiger partial charge in [0.2, 0.25) is 0 Å². The van der Waals surface area contributed by atoms with Crippen molar-refractivity contribution >= 4 is 5.91 Å². The third-order valence-corrected chi connectivity index (χ3v) is 6.54. The van der Waals surface area contributed by atoms with E-state index in [1.54, 1.807) is 12.3 Å². The van der Waals surface area contributed by atoms with E-state index >= 15 is 0 Å². The van der Waals surface area contributed by atoms with Crippen LogP contribution in [0.25, 0.3) is 0 Å². The molecule has 1 saturated carbocycles. The Labute approximate surface area is 173 Å². The van der Waals surface area contributed by atoms with Crippen LogP contribution in [0.4, 0.5) is 0 Å². The van der Waals surface area contributed by atoms with Crippen LogP contribution in [0, 0.1) is 11.8 Å². The summed E-state index contributed by atoms with van der Waals surface area (Å²) in [6, 6.07) is 11.3. The molecule has 29 heavy (non-hydrogen) atoms. The molecule has 4 rings (SSSR count). The first-order chi connectivity index (χ1) is 14.3. The lowest BCUT2D eigenvalue weighted by molar-refractivity contribution is 0.0873. The molecule has 0 radical (unpaired) electrons. The zero-order valence-electron chi connectivity index (χ0n) is 17.2. The molecule has 0 bridgehead atoms. The first kappa shape index (κ1) is 20.0. The molecule has 2 aliphatic rings. The number of piperidine rings is 1. The second-order valence-electron chi connectivity index (χ2n) is 8.56. The van der Waals surface area contributed by atoms with Gasteiger partial charge in [-0.1, -0.05) is 31.4 Å². The zero-order valence-corrected chi connectivity index (χ0v) is 17.2. The first-order valence-corrected chi connectivity index (χ1v) is 11.1. The Morgan fingerprint density at radius 3 is 2.34 bits per heavy atom. The highest BCUT2D eigenvalue weighted by Crippen LogP contribution is 2.32. The van der Waals surface area contributed by atoms with E-state index in [2.05, 4.69) is 20.2 Å². The fraction of sp³-hybridized carbons (Fsp3) is 0.542. The molecule has 154 valence electrons. The van der Waals surface area contributed by atoms with Gasteiger partial charge in [0.15, 0.2) is 0 Å². The van der Waals surface area contributed by atoms with Gasteiger partial charge in [0, 0.05) is 18.9 Å². The summed E-state index contributed by atoms with van der Waals surface area (Å²) in [5, 5.41) is 3.23. The SMILES string of the molecule is O=C(N[C@H](c1ccccn1)C1CCN(CC2CCCCC2)CC1)c1ccccn1. The highest BCUT2D eigenvalue weighted by Gasteiger charge is 2.31. The third kappa shape index (κ3) is 5.41. The molecule has 1 saturated heterocycles. The largest absolute Gasteiger partial charge is 0.342 e. The van der Waals surface area contributed by atoms with Crippen molar-refractivity contribution in [2.24, 2.45) is 11.8 Å². The van der Waals surface area contributed by atoms with Gasteiger partial charge in [-0.15, -0.1) is 0 Å². The lowest BCUT2D eigenvalue weighted by Gasteiger charge is -2.38. The van der Waals surface area contributed by atoms with Crippen molar-refractivity contribution in [3.05, 3.63) is 60.2 Å². The maximum atomic E-state index is 12.8. The normalized spacial score (nSPS) is 20.3. The number of carbonyl (C=O) groups excluding carboxylic acids is 1. The molecule has 1 amide bonds. The van der Waals surface area contributed by atoms with E-state index in [4.69, 9.17) is 0 Å². The van der Waals surface area contributed by atoms with E-state index in [0.29, 0.717) is 11.6 Å². The summed E-state index contributed by atoms with van der Waals surface area (Å²) >= 11 is 0. The minimum Gasteiger partial charge on any atom is -0.342 e. The number of aromatic nitrogens is 2. The van der Waals surface area contributed by atoms with Crippen LogP contribution >= 0.6 is 0 Å². The lowest BCUT2D eigenvalue weighted by Crippen LogP contribution is -2.42. The maximum absolute atomic E-state index is 12.8. The molecule has 0 spiro atoms. The molecule has 5 heteroatoms. The first-order valence-electron chi connectivity index (χ1n) is 11.1. The van der Waals surface area contributed by atoms with Gasteiger partial charge >= 0.3 is 0 Å². The Kier molecular flexibility index (Phi) is 6.88. The van der Waals surface area contributed by atoms with E-state index in [0.717, 1.165) is 37.5 Å². The van der Waals surface area contributed by atoms with Gasteiger partial charge in [-0.3, -0.25) is 14.8 Å². The van der Waals surface area contributed by atoms with Gasteiger partial charge < -0.3 is 10.2 Å². The Bertz CT molecular complexity index is 753. The molecule has 0 unspecified atom stereocenters. The number of hydrogen-bond acceptors (Lipinski definition) is 4. The van der Waals surface area contributed by atoms with Crippen molar-refractivity contribution in [2.75, 3.05) is 19.6 Å². The van der Waals surface area contributed by atoms with Crippen molar-refractivity contribution in [1.29, 1.82) is 0 Å².